The van der Waals surface area contributed by atoms with Gasteiger partial charge < -0.3 is 0 Å². The zero-order valence-corrected chi connectivity index (χ0v) is 7.77. The van der Waals surface area contributed by atoms with Gasteiger partial charge in [0.2, 0.25) is 5.91 Å². The summed E-state index contributed by atoms with van der Waals surface area (Å²) in [6.07, 6.45) is 1.86. The van der Waals surface area contributed by atoms with E-state index in [1.807, 2.05) is 0 Å². The minimum absolute atomic E-state index is 0.203. The van der Waals surface area contributed by atoms with Crippen molar-refractivity contribution >= 4 is 18.7 Å². The number of thiol groups is 1. The lowest BCUT2D eigenvalue weighted by atomic mass is 9.55. The monoisotopic (exact) mass is 171 g/mol. The Morgan fingerprint density at radius 2 is 2.27 bits per heavy atom. The number of hydrogen-bond acceptors (Lipinski definition) is 2. The summed E-state index contributed by atoms with van der Waals surface area (Å²) >= 11 is 4.19. The van der Waals surface area contributed by atoms with Crippen molar-refractivity contribution in [3.8, 4) is 0 Å². The lowest BCUT2D eigenvalue weighted by Gasteiger charge is -2.59. The summed E-state index contributed by atoms with van der Waals surface area (Å²) in [5.41, 5.74) is 0.315. The van der Waals surface area contributed by atoms with Crippen LogP contribution in [0, 0.1) is 11.3 Å². The fourth-order valence-corrected chi connectivity index (χ4v) is 2.70. The molecule has 0 spiro atoms. The number of rotatable bonds is 0. The minimum Gasteiger partial charge on any atom is -0.285 e. The molecule has 3 heteroatoms. The smallest absolute Gasteiger partial charge is 0.232 e. The predicted octanol–water partition coefficient (Wildman–Crippen LogP) is 1.48. The molecule has 62 valence electrons. The lowest BCUT2D eigenvalue weighted by molar-refractivity contribution is -0.152. The van der Waals surface area contributed by atoms with Crippen molar-refractivity contribution in [1.29, 1.82) is 0 Å². The first-order chi connectivity index (χ1) is 5.03. The van der Waals surface area contributed by atoms with Crippen LogP contribution >= 0.6 is 12.8 Å². The molecule has 0 aromatic carbocycles. The van der Waals surface area contributed by atoms with Gasteiger partial charge in [0.15, 0.2) is 0 Å². The largest absolute Gasteiger partial charge is 0.285 e. The Morgan fingerprint density at radius 3 is 2.64 bits per heavy atom. The summed E-state index contributed by atoms with van der Waals surface area (Å²) in [7, 11) is 0. The van der Waals surface area contributed by atoms with Gasteiger partial charge in [-0.3, -0.25) is 9.10 Å². The van der Waals surface area contributed by atoms with E-state index in [0.29, 0.717) is 23.8 Å². The molecule has 0 radical (unpaired) electrons. The van der Waals surface area contributed by atoms with Crippen LogP contribution in [-0.4, -0.2) is 16.3 Å². The molecular weight excluding hydrogens is 158 g/mol. The Hall–Kier alpha value is -0.180. The number of hydrogen-bond donors (Lipinski definition) is 1. The molecule has 2 aliphatic heterocycles. The van der Waals surface area contributed by atoms with Gasteiger partial charge in [0.05, 0.1) is 0 Å². The van der Waals surface area contributed by atoms with E-state index >= 15 is 0 Å². The van der Waals surface area contributed by atoms with Gasteiger partial charge in [0.1, 0.15) is 0 Å². The van der Waals surface area contributed by atoms with E-state index in [2.05, 4.69) is 26.7 Å². The summed E-state index contributed by atoms with van der Waals surface area (Å²) < 4.78 is 1.62. The van der Waals surface area contributed by atoms with Gasteiger partial charge in [-0.1, -0.05) is 26.7 Å². The summed E-state index contributed by atoms with van der Waals surface area (Å²) in [6.45, 7) is 4.45. The van der Waals surface area contributed by atoms with E-state index in [-0.39, 0.29) is 5.91 Å². The first-order valence-electron chi connectivity index (χ1n) is 4.04. The van der Waals surface area contributed by atoms with Crippen LogP contribution in [0.15, 0.2) is 0 Å². The summed E-state index contributed by atoms with van der Waals surface area (Å²) in [5.74, 6) is 0.817. The Balaban J connectivity index is 2.23. The highest BCUT2D eigenvalue weighted by Gasteiger charge is 2.56. The quantitative estimate of drug-likeness (QED) is 0.547. The average Bonchev–Trinajstić information content (AvgIpc) is 1.93. The number of fused-ring (bicyclic) bond motifs is 2. The van der Waals surface area contributed by atoms with Crippen molar-refractivity contribution in [2.45, 2.75) is 32.7 Å². The van der Waals surface area contributed by atoms with Crippen molar-refractivity contribution in [2.75, 3.05) is 0 Å². The van der Waals surface area contributed by atoms with Crippen LogP contribution in [0.2, 0.25) is 0 Å². The third-order valence-electron chi connectivity index (χ3n) is 3.39. The number of amides is 1. The highest BCUT2D eigenvalue weighted by molar-refractivity contribution is 7.78. The highest BCUT2D eigenvalue weighted by Crippen LogP contribution is 2.54. The maximum Gasteiger partial charge on any atom is 0.232 e. The molecule has 11 heavy (non-hydrogen) atoms. The Labute approximate surface area is 72.5 Å². The first-order valence-corrected chi connectivity index (χ1v) is 4.44. The molecule has 3 aliphatic rings. The van der Waals surface area contributed by atoms with E-state index in [1.165, 1.54) is 0 Å². The maximum absolute atomic E-state index is 11.2. The molecule has 1 amide bonds. The summed E-state index contributed by atoms with van der Waals surface area (Å²) in [4.78, 5) is 11.2. The second-order valence-corrected chi connectivity index (χ2v) is 4.64. The van der Waals surface area contributed by atoms with E-state index in [0.717, 1.165) is 6.42 Å². The molecule has 2 saturated heterocycles. The predicted molar refractivity (Wildman–Crippen MR) is 46.1 cm³/mol. The van der Waals surface area contributed by atoms with E-state index in [9.17, 15) is 4.79 Å². The normalized spacial score (nSPS) is 40.3. The fraction of sp³-hybridized carbons (Fsp3) is 0.875. The third-order valence-corrected chi connectivity index (χ3v) is 3.89. The zero-order valence-electron chi connectivity index (χ0n) is 6.87. The van der Waals surface area contributed by atoms with Gasteiger partial charge in [-0.05, 0) is 17.8 Å². The second-order valence-electron chi connectivity index (χ2n) is 4.21. The van der Waals surface area contributed by atoms with Crippen LogP contribution in [0.4, 0.5) is 0 Å². The molecule has 3 fully saturated rings. The van der Waals surface area contributed by atoms with E-state index in [4.69, 9.17) is 0 Å². The number of carbonyl (C=O) groups is 1. The Morgan fingerprint density at radius 1 is 1.64 bits per heavy atom. The molecule has 2 unspecified atom stereocenters. The molecule has 3 rings (SSSR count). The van der Waals surface area contributed by atoms with E-state index in [1.54, 1.807) is 4.31 Å². The van der Waals surface area contributed by atoms with Crippen LogP contribution in [0.25, 0.3) is 0 Å². The minimum atomic E-state index is 0.203. The lowest BCUT2D eigenvalue weighted by Crippen LogP contribution is -2.62. The molecular formula is C8H13NOS. The van der Waals surface area contributed by atoms with Crippen LogP contribution in [0.5, 0.6) is 0 Å². The Bertz CT molecular complexity index is 214. The molecule has 1 saturated carbocycles. The van der Waals surface area contributed by atoms with Gasteiger partial charge in [0.25, 0.3) is 0 Å². The molecule has 0 aromatic rings. The third kappa shape index (κ3) is 0.776. The highest BCUT2D eigenvalue weighted by atomic mass is 32.1. The Kier molecular flexibility index (Phi) is 1.32. The van der Waals surface area contributed by atoms with Crippen molar-refractivity contribution in [1.82, 2.24) is 4.31 Å². The van der Waals surface area contributed by atoms with Gasteiger partial charge in [-0.2, -0.15) is 0 Å². The van der Waals surface area contributed by atoms with Gasteiger partial charge in [0, 0.05) is 12.5 Å². The summed E-state index contributed by atoms with van der Waals surface area (Å²) in [6, 6.07) is 0.386. The number of piperidine rings is 2. The van der Waals surface area contributed by atoms with Gasteiger partial charge in [-0.25, -0.2) is 0 Å². The van der Waals surface area contributed by atoms with Crippen LogP contribution in [0.1, 0.15) is 26.7 Å². The van der Waals surface area contributed by atoms with Crippen LogP contribution in [-0.2, 0) is 4.79 Å². The molecule has 2 heterocycles. The van der Waals surface area contributed by atoms with Crippen molar-refractivity contribution in [3.63, 3.8) is 0 Å². The fourth-order valence-electron chi connectivity index (χ4n) is 2.23. The topological polar surface area (TPSA) is 20.3 Å². The molecule has 2 atom stereocenters. The standard InChI is InChI=1S/C8H13NOS/c1-8(2)5-3-6(8)9(11)7(10)4-5/h5-6,11H,3-4H2,1-2H3. The van der Waals surface area contributed by atoms with Gasteiger partial charge >= 0.3 is 0 Å². The van der Waals surface area contributed by atoms with Crippen molar-refractivity contribution in [3.05, 3.63) is 0 Å². The number of nitrogens with zero attached hydrogens (tertiary/aromatic N) is 1. The van der Waals surface area contributed by atoms with Crippen molar-refractivity contribution < 1.29 is 4.79 Å². The molecule has 0 aromatic heterocycles. The molecule has 0 N–H and O–H groups in total. The van der Waals surface area contributed by atoms with Crippen LogP contribution < -0.4 is 0 Å². The molecule has 1 aliphatic carbocycles. The van der Waals surface area contributed by atoms with Crippen molar-refractivity contribution in [2.24, 2.45) is 11.3 Å². The number of carbonyl (C=O) groups excluding carboxylic acids is 1. The molecule has 2 nitrogen and oxygen atoms in total. The second kappa shape index (κ2) is 1.94. The maximum atomic E-state index is 11.2. The first kappa shape index (κ1) is 7.47. The van der Waals surface area contributed by atoms with Crippen LogP contribution in [0.3, 0.4) is 0 Å². The SMILES string of the molecule is CC1(C)C2CC(=O)N(S)C1C2. The van der Waals surface area contributed by atoms with Gasteiger partial charge in [-0.15, -0.1) is 0 Å². The average molecular weight is 171 g/mol. The molecule has 2 bridgehead atoms. The van der Waals surface area contributed by atoms with E-state index < -0.39 is 0 Å². The zero-order chi connectivity index (χ0) is 8.22. The summed E-state index contributed by atoms with van der Waals surface area (Å²) in [5, 5.41) is 0.